The number of rotatable bonds is 5. The van der Waals surface area contributed by atoms with Crippen LogP contribution in [0.3, 0.4) is 0 Å². The lowest BCUT2D eigenvalue weighted by Gasteiger charge is -2.18. The Bertz CT molecular complexity index is 617. The Morgan fingerprint density at radius 3 is 2.67 bits per heavy atom. The van der Waals surface area contributed by atoms with E-state index in [0.29, 0.717) is 17.1 Å². The number of anilines is 1. The first-order valence-corrected chi connectivity index (χ1v) is 6.24. The minimum Gasteiger partial charge on any atom is -0.481 e. The molecule has 110 valence electrons. The van der Waals surface area contributed by atoms with E-state index in [4.69, 9.17) is 9.47 Å². The lowest BCUT2D eigenvalue weighted by atomic mass is 10.1. The highest BCUT2D eigenvalue weighted by molar-refractivity contribution is 5.80. The first-order valence-electron chi connectivity index (χ1n) is 6.24. The quantitative estimate of drug-likeness (QED) is 0.858. The van der Waals surface area contributed by atoms with Crippen molar-refractivity contribution in [2.75, 3.05) is 19.5 Å². The van der Waals surface area contributed by atoms with E-state index in [-0.39, 0.29) is 0 Å². The van der Waals surface area contributed by atoms with E-state index in [1.54, 1.807) is 24.3 Å². The van der Waals surface area contributed by atoms with Gasteiger partial charge in [0.25, 0.3) is 0 Å². The van der Waals surface area contributed by atoms with Gasteiger partial charge in [-0.3, -0.25) is 0 Å². The maximum absolute atomic E-state index is 13.2. The highest BCUT2D eigenvalue weighted by atomic mass is 19.1. The van der Waals surface area contributed by atoms with E-state index in [0.717, 1.165) is 0 Å². The topological polar surface area (TPSA) is 60.5 Å². The number of carbonyl (C=O) groups is 1. The minimum atomic E-state index is -0.782. The highest BCUT2D eigenvalue weighted by Gasteiger charge is 2.22. The summed E-state index contributed by atoms with van der Waals surface area (Å²) in [6.07, 6.45) is 1.51. The zero-order valence-electron chi connectivity index (χ0n) is 11.7. The van der Waals surface area contributed by atoms with Crippen LogP contribution in [0, 0.1) is 5.82 Å². The summed E-state index contributed by atoms with van der Waals surface area (Å²) in [7, 11) is 2.80. The SMILES string of the molecule is COC(=O)C(Nc1cccc(F)c1)c1ccc(OC)nc1. The first kappa shape index (κ1) is 14.8. The van der Waals surface area contributed by atoms with E-state index in [1.807, 2.05) is 0 Å². The average molecular weight is 290 g/mol. The predicted molar refractivity (Wildman–Crippen MR) is 75.6 cm³/mol. The van der Waals surface area contributed by atoms with Crippen LogP contribution in [0.1, 0.15) is 11.6 Å². The molecule has 0 amide bonds. The molecule has 2 rings (SSSR count). The lowest BCUT2D eigenvalue weighted by Crippen LogP contribution is -2.22. The van der Waals surface area contributed by atoms with Gasteiger partial charge in [-0.1, -0.05) is 6.07 Å². The van der Waals surface area contributed by atoms with Crippen LogP contribution in [0.5, 0.6) is 5.88 Å². The zero-order chi connectivity index (χ0) is 15.2. The molecule has 1 unspecified atom stereocenters. The van der Waals surface area contributed by atoms with Gasteiger partial charge in [-0.25, -0.2) is 14.2 Å². The molecule has 21 heavy (non-hydrogen) atoms. The van der Waals surface area contributed by atoms with Crippen LogP contribution in [-0.4, -0.2) is 25.2 Å². The Kier molecular flexibility index (Phi) is 4.71. The van der Waals surface area contributed by atoms with Gasteiger partial charge in [0.05, 0.1) is 14.2 Å². The standard InChI is InChI=1S/C15H15FN2O3/c1-20-13-7-6-10(9-17-13)14(15(19)21-2)18-12-5-3-4-11(16)8-12/h3-9,14,18H,1-2H3. The molecule has 0 aliphatic carbocycles. The second-order valence-electron chi connectivity index (χ2n) is 4.24. The predicted octanol–water partition coefficient (Wildman–Crippen LogP) is 2.56. The average Bonchev–Trinajstić information content (AvgIpc) is 2.52. The number of nitrogens with zero attached hydrogens (tertiary/aromatic N) is 1. The molecular weight excluding hydrogens is 275 g/mol. The number of nitrogens with one attached hydrogen (secondary N) is 1. The Morgan fingerprint density at radius 2 is 2.10 bits per heavy atom. The number of esters is 1. The van der Waals surface area contributed by atoms with Crippen molar-refractivity contribution in [3.63, 3.8) is 0 Å². The highest BCUT2D eigenvalue weighted by Crippen LogP contribution is 2.22. The molecular formula is C15H15FN2O3. The summed E-state index contributed by atoms with van der Waals surface area (Å²) in [5.41, 5.74) is 1.06. The number of aromatic nitrogens is 1. The Balaban J connectivity index is 2.27. The summed E-state index contributed by atoms with van der Waals surface area (Å²) in [5, 5.41) is 2.93. The third-order valence-corrected chi connectivity index (χ3v) is 2.87. The number of pyridine rings is 1. The number of hydrogen-bond acceptors (Lipinski definition) is 5. The smallest absolute Gasteiger partial charge is 0.333 e. The van der Waals surface area contributed by atoms with Gasteiger partial charge in [-0.05, 0) is 24.3 Å². The van der Waals surface area contributed by atoms with Crippen LogP contribution < -0.4 is 10.1 Å². The molecule has 1 aromatic carbocycles. The number of benzene rings is 1. The summed E-state index contributed by atoms with van der Waals surface area (Å²) in [6, 6.07) is 8.39. The number of halogens is 1. The molecule has 5 nitrogen and oxygen atoms in total. The fourth-order valence-corrected chi connectivity index (χ4v) is 1.82. The van der Waals surface area contributed by atoms with Crippen LogP contribution in [0.15, 0.2) is 42.6 Å². The normalized spacial score (nSPS) is 11.6. The zero-order valence-corrected chi connectivity index (χ0v) is 11.7. The van der Waals surface area contributed by atoms with Crippen molar-refractivity contribution >= 4 is 11.7 Å². The fraction of sp³-hybridized carbons (Fsp3) is 0.200. The molecule has 1 aromatic heterocycles. The van der Waals surface area contributed by atoms with Crippen molar-refractivity contribution in [1.82, 2.24) is 4.98 Å². The van der Waals surface area contributed by atoms with E-state index in [2.05, 4.69) is 10.3 Å². The van der Waals surface area contributed by atoms with Gasteiger partial charge < -0.3 is 14.8 Å². The molecule has 1 atom stereocenters. The van der Waals surface area contributed by atoms with Gasteiger partial charge in [-0.15, -0.1) is 0 Å². The Morgan fingerprint density at radius 1 is 1.29 bits per heavy atom. The molecule has 1 N–H and O–H groups in total. The van der Waals surface area contributed by atoms with Gasteiger partial charge in [-0.2, -0.15) is 0 Å². The third-order valence-electron chi connectivity index (χ3n) is 2.87. The Labute approximate surface area is 121 Å². The van der Waals surface area contributed by atoms with Crippen LogP contribution in [-0.2, 0) is 9.53 Å². The molecule has 2 aromatic rings. The molecule has 0 aliphatic rings. The molecule has 0 saturated carbocycles. The van der Waals surface area contributed by atoms with Gasteiger partial charge >= 0.3 is 5.97 Å². The molecule has 0 spiro atoms. The van der Waals surface area contributed by atoms with E-state index >= 15 is 0 Å². The summed E-state index contributed by atoms with van der Waals surface area (Å²) in [6.45, 7) is 0. The summed E-state index contributed by atoms with van der Waals surface area (Å²) in [5.74, 6) is -0.448. The van der Waals surface area contributed by atoms with Crippen LogP contribution in [0.4, 0.5) is 10.1 Å². The monoisotopic (exact) mass is 290 g/mol. The fourth-order valence-electron chi connectivity index (χ4n) is 1.82. The van der Waals surface area contributed by atoms with Crippen molar-refractivity contribution < 1.29 is 18.7 Å². The van der Waals surface area contributed by atoms with E-state index in [9.17, 15) is 9.18 Å². The van der Waals surface area contributed by atoms with Crippen LogP contribution >= 0.6 is 0 Å². The second-order valence-corrected chi connectivity index (χ2v) is 4.24. The second kappa shape index (κ2) is 6.69. The molecule has 0 saturated heterocycles. The van der Waals surface area contributed by atoms with Crippen molar-refractivity contribution in [3.05, 3.63) is 54.0 Å². The van der Waals surface area contributed by atoms with Crippen molar-refractivity contribution in [1.29, 1.82) is 0 Å². The van der Waals surface area contributed by atoms with Crippen molar-refractivity contribution in [2.24, 2.45) is 0 Å². The minimum absolute atomic E-state index is 0.392. The number of methoxy groups -OCH3 is 2. The summed E-state index contributed by atoms with van der Waals surface area (Å²) in [4.78, 5) is 16.0. The van der Waals surface area contributed by atoms with Gasteiger partial charge in [0, 0.05) is 23.5 Å². The number of hydrogen-bond donors (Lipinski definition) is 1. The van der Waals surface area contributed by atoms with E-state index in [1.165, 1.54) is 32.5 Å². The largest absolute Gasteiger partial charge is 0.481 e. The maximum Gasteiger partial charge on any atom is 0.333 e. The summed E-state index contributed by atoms with van der Waals surface area (Å²) >= 11 is 0. The van der Waals surface area contributed by atoms with Gasteiger partial charge in [0.2, 0.25) is 5.88 Å². The molecule has 0 aliphatic heterocycles. The molecule has 1 heterocycles. The van der Waals surface area contributed by atoms with Crippen LogP contribution in [0.2, 0.25) is 0 Å². The summed E-state index contributed by atoms with van der Waals surface area (Å²) < 4.78 is 23.0. The molecule has 0 fully saturated rings. The lowest BCUT2D eigenvalue weighted by molar-refractivity contribution is -0.141. The molecule has 0 radical (unpaired) electrons. The molecule has 6 heteroatoms. The maximum atomic E-state index is 13.2. The van der Waals surface area contributed by atoms with Crippen LogP contribution in [0.25, 0.3) is 0 Å². The first-order chi connectivity index (χ1) is 10.1. The van der Waals surface area contributed by atoms with Gasteiger partial charge in [0.1, 0.15) is 5.82 Å². The van der Waals surface area contributed by atoms with Gasteiger partial charge in [0.15, 0.2) is 6.04 Å². The third kappa shape index (κ3) is 3.68. The number of carbonyl (C=O) groups excluding carboxylic acids is 1. The molecule has 0 bridgehead atoms. The number of ether oxygens (including phenoxy) is 2. The van der Waals surface area contributed by atoms with Crippen molar-refractivity contribution in [2.45, 2.75) is 6.04 Å². The van der Waals surface area contributed by atoms with E-state index < -0.39 is 17.8 Å². The Hall–Kier alpha value is -2.63. The van der Waals surface area contributed by atoms with Crippen molar-refractivity contribution in [3.8, 4) is 5.88 Å².